The Bertz CT molecular complexity index is 467. The van der Waals surface area contributed by atoms with Gasteiger partial charge < -0.3 is 5.32 Å². The van der Waals surface area contributed by atoms with E-state index < -0.39 is 0 Å². The SMILES string of the molecule is CCc1nsc(NCC(CC)c2ccccc2)n1. The first-order valence-electron chi connectivity index (χ1n) is 6.44. The third-order valence-electron chi connectivity index (χ3n) is 3.05. The normalized spacial score (nSPS) is 12.3. The van der Waals surface area contributed by atoms with Gasteiger partial charge in [-0.2, -0.15) is 4.37 Å². The smallest absolute Gasteiger partial charge is 0.202 e. The second-order valence-electron chi connectivity index (χ2n) is 4.27. The summed E-state index contributed by atoms with van der Waals surface area (Å²) in [6, 6.07) is 10.6. The average Bonchev–Trinajstić information content (AvgIpc) is 2.89. The Balaban J connectivity index is 1.95. The van der Waals surface area contributed by atoms with Crippen molar-refractivity contribution in [2.45, 2.75) is 32.6 Å². The Morgan fingerprint density at radius 1 is 1.22 bits per heavy atom. The van der Waals surface area contributed by atoms with E-state index in [1.54, 1.807) is 0 Å². The van der Waals surface area contributed by atoms with Gasteiger partial charge in [0.15, 0.2) is 0 Å². The van der Waals surface area contributed by atoms with Crippen molar-refractivity contribution in [2.24, 2.45) is 0 Å². The van der Waals surface area contributed by atoms with Crippen LogP contribution in [0.5, 0.6) is 0 Å². The molecule has 3 nitrogen and oxygen atoms in total. The van der Waals surface area contributed by atoms with E-state index in [4.69, 9.17) is 0 Å². The summed E-state index contributed by atoms with van der Waals surface area (Å²) in [6.07, 6.45) is 2.02. The van der Waals surface area contributed by atoms with Gasteiger partial charge in [-0.1, -0.05) is 44.2 Å². The molecule has 0 amide bonds. The lowest BCUT2D eigenvalue weighted by atomic mass is 9.97. The van der Waals surface area contributed by atoms with Crippen molar-refractivity contribution in [1.82, 2.24) is 9.36 Å². The molecule has 0 aliphatic heterocycles. The van der Waals surface area contributed by atoms with Crippen molar-refractivity contribution >= 4 is 16.7 Å². The van der Waals surface area contributed by atoms with Crippen LogP contribution in [-0.4, -0.2) is 15.9 Å². The van der Waals surface area contributed by atoms with Crippen molar-refractivity contribution in [1.29, 1.82) is 0 Å². The predicted octanol–water partition coefficient (Wildman–Crippen LogP) is 3.71. The first-order chi connectivity index (χ1) is 8.83. The van der Waals surface area contributed by atoms with Crippen LogP contribution < -0.4 is 5.32 Å². The molecule has 96 valence electrons. The van der Waals surface area contributed by atoms with Crippen LogP contribution in [0.3, 0.4) is 0 Å². The monoisotopic (exact) mass is 261 g/mol. The van der Waals surface area contributed by atoms with Gasteiger partial charge in [-0.25, -0.2) is 4.98 Å². The van der Waals surface area contributed by atoms with E-state index in [-0.39, 0.29) is 0 Å². The lowest BCUT2D eigenvalue weighted by Crippen LogP contribution is -2.11. The van der Waals surface area contributed by atoms with Crippen LogP contribution in [0.1, 0.15) is 37.6 Å². The highest BCUT2D eigenvalue weighted by atomic mass is 32.1. The van der Waals surface area contributed by atoms with Crippen molar-refractivity contribution < 1.29 is 0 Å². The van der Waals surface area contributed by atoms with E-state index in [1.165, 1.54) is 17.1 Å². The van der Waals surface area contributed by atoms with Crippen LogP contribution in [0.4, 0.5) is 5.13 Å². The highest BCUT2D eigenvalue weighted by Crippen LogP contribution is 2.20. The van der Waals surface area contributed by atoms with Crippen LogP contribution in [0.25, 0.3) is 0 Å². The summed E-state index contributed by atoms with van der Waals surface area (Å²) >= 11 is 1.45. The molecule has 0 fully saturated rings. The van der Waals surface area contributed by atoms with Gasteiger partial charge in [-0.3, -0.25) is 0 Å². The number of hydrogen-bond acceptors (Lipinski definition) is 4. The van der Waals surface area contributed by atoms with E-state index in [2.05, 4.69) is 58.9 Å². The lowest BCUT2D eigenvalue weighted by Gasteiger charge is -2.15. The standard InChI is InChI=1S/C14H19N3S/c1-3-11(12-8-6-5-7-9-12)10-15-14-16-13(4-2)17-18-14/h5-9,11H,3-4,10H2,1-2H3,(H,15,16,17). The minimum Gasteiger partial charge on any atom is -0.360 e. The number of nitrogens with zero attached hydrogens (tertiary/aromatic N) is 2. The number of rotatable bonds is 6. The number of anilines is 1. The molecule has 0 spiro atoms. The Hall–Kier alpha value is -1.42. The minimum atomic E-state index is 0.528. The lowest BCUT2D eigenvalue weighted by molar-refractivity contribution is 0.694. The zero-order valence-electron chi connectivity index (χ0n) is 10.9. The van der Waals surface area contributed by atoms with E-state index in [0.717, 1.165) is 30.3 Å². The molecule has 1 heterocycles. The third-order valence-corrected chi connectivity index (χ3v) is 3.76. The van der Waals surface area contributed by atoms with Gasteiger partial charge in [0.2, 0.25) is 5.13 Å². The van der Waals surface area contributed by atoms with Crippen LogP contribution >= 0.6 is 11.5 Å². The minimum absolute atomic E-state index is 0.528. The molecule has 0 bridgehead atoms. The summed E-state index contributed by atoms with van der Waals surface area (Å²) < 4.78 is 4.28. The molecule has 0 radical (unpaired) electrons. The fraction of sp³-hybridized carbons (Fsp3) is 0.429. The van der Waals surface area contributed by atoms with Gasteiger partial charge in [-0.15, -0.1) is 0 Å². The highest BCUT2D eigenvalue weighted by molar-refractivity contribution is 7.09. The zero-order chi connectivity index (χ0) is 12.8. The van der Waals surface area contributed by atoms with Crippen molar-refractivity contribution in [3.05, 3.63) is 41.7 Å². The predicted molar refractivity (Wildman–Crippen MR) is 77.3 cm³/mol. The number of nitrogens with one attached hydrogen (secondary N) is 1. The van der Waals surface area contributed by atoms with Crippen molar-refractivity contribution in [3.63, 3.8) is 0 Å². The van der Waals surface area contributed by atoms with Crippen molar-refractivity contribution in [3.8, 4) is 0 Å². The molecule has 1 N–H and O–H groups in total. The Morgan fingerprint density at radius 2 is 2.00 bits per heavy atom. The van der Waals surface area contributed by atoms with E-state index in [0.29, 0.717) is 5.92 Å². The summed E-state index contributed by atoms with van der Waals surface area (Å²) in [4.78, 5) is 4.42. The van der Waals surface area contributed by atoms with Gasteiger partial charge in [0.25, 0.3) is 0 Å². The van der Waals surface area contributed by atoms with Gasteiger partial charge >= 0.3 is 0 Å². The largest absolute Gasteiger partial charge is 0.360 e. The van der Waals surface area contributed by atoms with Crippen LogP contribution in [-0.2, 0) is 6.42 Å². The summed E-state index contributed by atoms with van der Waals surface area (Å²) in [5.74, 6) is 1.45. The zero-order valence-corrected chi connectivity index (χ0v) is 11.7. The summed E-state index contributed by atoms with van der Waals surface area (Å²) in [7, 11) is 0. The summed E-state index contributed by atoms with van der Waals surface area (Å²) in [5, 5.41) is 4.33. The fourth-order valence-corrected chi connectivity index (χ4v) is 2.56. The first-order valence-corrected chi connectivity index (χ1v) is 7.22. The molecule has 1 aromatic heterocycles. The molecule has 0 aliphatic carbocycles. The molecule has 0 saturated heterocycles. The number of aromatic nitrogens is 2. The Labute approximate surface area is 112 Å². The number of benzene rings is 1. The van der Waals surface area contributed by atoms with E-state index in [1.807, 2.05) is 0 Å². The molecule has 0 aliphatic rings. The molecule has 1 atom stereocenters. The number of hydrogen-bond donors (Lipinski definition) is 1. The quantitative estimate of drug-likeness (QED) is 0.861. The van der Waals surface area contributed by atoms with Gasteiger partial charge in [-0.05, 0) is 12.0 Å². The molecule has 1 unspecified atom stereocenters. The van der Waals surface area contributed by atoms with Gasteiger partial charge in [0, 0.05) is 30.4 Å². The maximum absolute atomic E-state index is 4.42. The van der Waals surface area contributed by atoms with Gasteiger partial charge in [0.1, 0.15) is 5.82 Å². The van der Waals surface area contributed by atoms with Crippen LogP contribution in [0, 0.1) is 0 Å². The number of aryl methyl sites for hydroxylation is 1. The average molecular weight is 261 g/mol. The fourth-order valence-electron chi connectivity index (χ4n) is 1.90. The summed E-state index contributed by atoms with van der Waals surface area (Å²) in [6.45, 7) is 5.21. The van der Waals surface area contributed by atoms with Crippen LogP contribution in [0.15, 0.2) is 30.3 Å². The molecule has 1 aromatic carbocycles. The molecule has 4 heteroatoms. The summed E-state index contributed by atoms with van der Waals surface area (Å²) in [5.41, 5.74) is 1.38. The second-order valence-corrected chi connectivity index (χ2v) is 5.02. The van der Waals surface area contributed by atoms with Crippen LogP contribution in [0.2, 0.25) is 0 Å². The first kappa shape index (κ1) is 13.0. The molecule has 0 saturated carbocycles. The maximum Gasteiger partial charge on any atom is 0.202 e. The molecular weight excluding hydrogens is 242 g/mol. The van der Waals surface area contributed by atoms with E-state index in [9.17, 15) is 0 Å². The molecular formula is C14H19N3S. The van der Waals surface area contributed by atoms with Gasteiger partial charge in [0.05, 0.1) is 0 Å². The van der Waals surface area contributed by atoms with Crippen molar-refractivity contribution in [2.75, 3.05) is 11.9 Å². The topological polar surface area (TPSA) is 37.8 Å². The molecule has 2 rings (SSSR count). The maximum atomic E-state index is 4.42. The molecule has 2 aromatic rings. The third kappa shape index (κ3) is 3.29. The second kappa shape index (κ2) is 6.50. The Morgan fingerprint density at radius 3 is 2.61 bits per heavy atom. The molecule has 18 heavy (non-hydrogen) atoms. The highest BCUT2D eigenvalue weighted by Gasteiger charge is 2.10. The Kier molecular flexibility index (Phi) is 4.70. The van der Waals surface area contributed by atoms with E-state index >= 15 is 0 Å².